The van der Waals surface area contributed by atoms with Crippen molar-refractivity contribution >= 4 is 18.3 Å². The first kappa shape index (κ1) is 26.6. The smallest absolute Gasteiger partial charge is 0.442 e. The molecular formula is C17H30F3N3O6. The zero-order chi connectivity index (χ0) is 23.6. The predicted molar refractivity (Wildman–Crippen MR) is 95.9 cm³/mol. The van der Waals surface area contributed by atoms with Gasteiger partial charge in [-0.05, 0) is 62.3 Å². The molecule has 0 heterocycles. The lowest BCUT2D eigenvalue weighted by Crippen LogP contribution is -2.66. The zero-order valence-corrected chi connectivity index (χ0v) is 18.4. The molecule has 0 atom stereocenters. The summed E-state index contributed by atoms with van der Waals surface area (Å²) >= 11 is 0. The van der Waals surface area contributed by atoms with Crippen LogP contribution in [0.25, 0.3) is 0 Å². The second kappa shape index (κ2) is 8.54. The molecule has 170 valence electrons. The van der Waals surface area contributed by atoms with E-state index in [0.29, 0.717) is 6.92 Å². The molecule has 12 heteroatoms. The highest BCUT2D eigenvalue weighted by Gasteiger charge is 2.57. The molecule has 29 heavy (non-hydrogen) atoms. The van der Waals surface area contributed by atoms with Gasteiger partial charge in [0.2, 0.25) is 0 Å². The molecule has 0 spiro atoms. The van der Waals surface area contributed by atoms with E-state index in [9.17, 15) is 27.8 Å². The molecule has 0 radical (unpaired) electrons. The average Bonchev–Trinajstić information content (AvgIpc) is 2.46. The van der Waals surface area contributed by atoms with Crippen molar-refractivity contribution in [2.45, 2.75) is 91.8 Å². The van der Waals surface area contributed by atoms with Crippen LogP contribution < -0.4 is 0 Å². The highest BCUT2D eigenvalue weighted by Crippen LogP contribution is 2.32. The Balaban J connectivity index is 6.12. The van der Waals surface area contributed by atoms with Gasteiger partial charge in [-0.25, -0.2) is 14.4 Å². The number of carbonyl (C=O) groups is 3. The van der Waals surface area contributed by atoms with E-state index in [1.165, 1.54) is 62.3 Å². The summed E-state index contributed by atoms with van der Waals surface area (Å²) in [5.41, 5.74) is -3.74. The van der Waals surface area contributed by atoms with E-state index in [-0.39, 0.29) is 0 Å². The maximum absolute atomic E-state index is 14.8. The Bertz CT molecular complexity index is 542. The van der Waals surface area contributed by atoms with Crippen LogP contribution in [0.1, 0.15) is 69.2 Å². The number of hydrogen-bond donors (Lipinski definition) is 0. The van der Waals surface area contributed by atoms with Crippen molar-refractivity contribution in [2.24, 2.45) is 0 Å². The summed E-state index contributed by atoms with van der Waals surface area (Å²) in [7, 11) is 0. The molecule has 0 aliphatic rings. The maximum atomic E-state index is 14.8. The highest BCUT2D eigenvalue weighted by molar-refractivity contribution is 5.74. The molecule has 0 aromatic carbocycles. The SMILES string of the molecule is CC(C)(C)OC(=O)N(F)C(C)(N(F)C(=O)OC(C)(C)C)N(F)C(=O)OC(C)(C)C. The van der Waals surface area contributed by atoms with Gasteiger partial charge in [0, 0.05) is 6.92 Å². The molecule has 0 aliphatic carbocycles. The van der Waals surface area contributed by atoms with Crippen molar-refractivity contribution in [1.29, 1.82) is 0 Å². The van der Waals surface area contributed by atoms with Crippen LogP contribution >= 0.6 is 0 Å². The van der Waals surface area contributed by atoms with Gasteiger partial charge in [-0.15, -0.1) is 0 Å². The summed E-state index contributed by atoms with van der Waals surface area (Å²) in [6.45, 7) is 12.8. The predicted octanol–water partition coefficient (Wildman–Crippen LogP) is 5.02. The van der Waals surface area contributed by atoms with E-state index in [4.69, 9.17) is 14.2 Å². The van der Waals surface area contributed by atoms with E-state index >= 15 is 0 Å². The second-order valence-electron chi connectivity index (χ2n) is 9.25. The lowest BCUT2D eigenvalue weighted by atomic mass is 10.2. The van der Waals surface area contributed by atoms with Gasteiger partial charge in [0.25, 0.3) is 5.79 Å². The topological polar surface area (TPSA) is 88.6 Å². The van der Waals surface area contributed by atoms with Gasteiger partial charge < -0.3 is 14.2 Å². The molecule has 0 bridgehead atoms. The molecule has 0 aliphatic heterocycles. The minimum atomic E-state index is -3.58. The minimum Gasteiger partial charge on any atom is -0.442 e. The number of rotatable bonds is 3. The van der Waals surface area contributed by atoms with Crippen LogP contribution in [0, 0.1) is 0 Å². The number of halogens is 3. The summed E-state index contributed by atoms with van der Waals surface area (Å²) < 4.78 is 58.7. The summed E-state index contributed by atoms with van der Waals surface area (Å²) in [6, 6.07) is 0. The Morgan fingerprint density at radius 3 is 0.828 bits per heavy atom. The molecule has 0 unspecified atom stereocenters. The minimum absolute atomic E-state index is 0.408. The summed E-state index contributed by atoms with van der Waals surface area (Å²) in [4.78, 5) is 36.2. The Morgan fingerprint density at radius 1 is 0.517 bits per heavy atom. The Kier molecular flexibility index (Phi) is 7.83. The van der Waals surface area contributed by atoms with Crippen molar-refractivity contribution in [3.63, 3.8) is 0 Å². The van der Waals surface area contributed by atoms with Gasteiger partial charge >= 0.3 is 18.3 Å². The monoisotopic (exact) mass is 429 g/mol. The first-order valence-electron chi connectivity index (χ1n) is 8.69. The zero-order valence-electron chi connectivity index (χ0n) is 18.4. The molecule has 0 saturated carbocycles. The van der Waals surface area contributed by atoms with Gasteiger partial charge in [0.1, 0.15) is 16.8 Å². The number of ether oxygens (including phenoxy) is 3. The van der Waals surface area contributed by atoms with E-state index in [1.54, 1.807) is 0 Å². The van der Waals surface area contributed by atoms with Gasteiger partial charge in [0.15, 0.2) is 0 Å². The van der Waals surface area contributed by atoms with Gasteiger partial charge in [-0.1, -0.05) is 28.8 Å². The molecular weight excluding hydrogens is 399 g/mol. The summed E-state index contributed by atoms with van der Waals surface area (Å²) in [6.07, 6.45) is -5.59. The van der Waals surface area contributed by atoms with Crippen molar-refractivity contribution in [1.82, 2.24) is 15.4 Å². The average molecular weight is 429 g/mol. The fraction of sp³-hybridized carbons (Fsp3) is 0.824. The molecule has 0 saturated heterocycles. The van der Waals surface area contributed by atoms with Crippen LogP contribution in [0.2, 0.25) is 0 Å². The van der Waals surface area contributed by atoms with E-state index in [1.807, 2.05) is 0 Å². The molecule has 0 aromatic heterocycles. The molecule has 0 fully saturated rings. The number of hydrogen-bond acceptors (Lipinski definition) is 6. The normalized spacial score (nSPS) is 12.7. The number of carbonyl (C=O) groups excluding carboxylic acids is 3. The quantitative estimate of drug-likeness (QED) is 0.355. The molecule has 0 aromatic rings. The summed E-state index contributed by atoms with van der Waals surface area (Å²) in [5.74, 6) is -3.58. The third-order valence-corrected chi connectivity index (χ3v) is 2.78. The van der Waals surface area contributed by atoms with Crippen molar-refractivity contribution in [2.75, 3.05) is 0 Å². The Morgan fingerprint density at radius 2 is 0.690 bits per heavy atom. The fourth-order valence-electron chi connectivity index (χ4n) is 1.66. The van der Waals surface area contributed by atoms with Crippen LogP contribution in [-0.4, -0.2) is 56.2 Å². The van der Waals surface area contributed by atoms with Crippen molar-refractivity contribution < 1.29 is 42.0 Å². The lowest BCUT2D eigenvalue weighted by Gasteiger charge is -2.40. The first-order chi connectivity index (χ1) is 12.6. The maximum Gasteiger partial charge on any atom is 0.442 e. The second-order valence-corrected chi connectivity index (χ2v) is 9.25. The summed E-state index contributed by atoms with van der Waals surface area (Å²) in [5, 5.41) is -3.27. The van der Waals surface area contributed by atoms with Crippen LogP contribution in [0.15, 0.2) is 0 Å². The Hall–Kier alpha value is -2.40. The molecule has 9 nitrogen and oxygen atoms in total. The van der Waals surface area contributed by atoms with Gasteiger partial charge in [-0.2, -0.15) is 0 Å². The number of amides is 3. The molecule has 0 rings (SSSR count). The largest absolute Gasteiger partial charge is 0.442 e. The molecule has 3 amide bonds. The molecule has 0 N–H and O–H groups in total. The van der Waals surface area contributed by atoms with E-state index in [0.717, 1.165) is 0 Å². The van der Waals surface area contributed by atoms with E-state index < -0.39 is 56.2 Å². The van der Waals surface area contributed by atoms with Gasteiger partial charge in [-0.3, -0.25) is 0 Å². The van der Waals surface area contributed by atoms with Crippen LogP contribution in [-0.2, 0) is 14.2 Å². The Labute approximate surface area is 168 Å². The van der Waals surface area contributed by atoms with Crippen LogP contribution in [0.5, 0.6) is 0 Å². The lowest BCUT2D eigenvalue weighted by molar-refractivity contribution is -0.292. The highest BCUT2D eigenvalue weighted by atomic mass is 19.2. The third kappa shape index (κ3) is 7.86. The van der Waals surface area contributed by atoms with Crippen LogP contribution in [0.3, 0.4) is 0 Å². The third-order valence-electron chi connectivity index (χ3n) is 2.78. The standard InChI is InChI=1S/C17H30F3N3O6/c1-14(2,3)27-11(24)21(18)17(10,22(19)12(25)28-15(4,5)6)23(20)13(26)29-16(7,8)9/h1-10H3. The van der Waals surface area contributed by atoms with Crippen molar-refractivity contribution in [3.05, 3.63) is 0 Å². The number of nitrogens with zero attached hydrogens (tertiary/aromatic N) is 3. The first-order valence-corrected chi connectivity index (χ1v) is 8.69. The van der Waals surface area contributed by atoms with Gasteiger partial charge in [0.05, 0.1) is 0 Å². The van der Waals surface area contributed by atoms with E-state index in [2.05, 4.69) is 0 Å². The van der Waals surface area contributed by atoms with Crippen molar-refractivity contribution in [3.8, 4) is 0 Å². The fourth-order valence-corrected chi connectivity index (χ4v) is 1.66. The van der Waals surface area contributed by atoms with Crippen LogP contribution in [0.4, 0.5) is 27.8 Å².